The number of carbonyl (C=O) groups excluding carboxylic acids is 1. The maximum Gasteiger partial charge on any atom is 0.322 e. The second-order valence-corrected chi connectivity index (χ2v) is 2.81. The van der Waals surface area contributed by atoms with Gasteiger partial charge in [-0.15, -0.1) is 12.4 Å². The summed E-state index contributed by atoms with van der Waals surface area (Å²) in [6, 6.07) is -0.283. The third-order valence-electron chi connectivity index (χ3n) is 1.78. The number of carbonyl (C=O) groups is 1. The average molecular weight is 239 g/mol. The molecule has 1 atom stereocenters. The first-order valence-electron chi connectivity index (χ1n) is 4.42. The van der Waals surface area contributed by atoms with Gasteiger partial charge in [0.2, 0.25) is 0 Å². The second kappa shape index (κ2) is 9.54. The highest BCUT2D eigenvalue weighted by molar-refractivity contribution is 5.85. The highest BCUT2D eigenvalue weighted by Gasteiger charge is 2.15. The van der Waals surface area contributed by atoms with Gasteiger partial charge in [0.25, 0.3) is 0 Å². The molecular formula is C8H19ClN4O2. The monoisotopic (exact) mass is 238 g/mol. The zero-order valence-electron chi connectivity index (χ0n) is 9.03. The fraction of sp³-hybridized carbons (Fsp3) is 0.750. The van der Waals surface area contributed by atoms with E-state index in [1.54, 1.807) is 7.05 Å². The summed E-state index contributed by atoms with van der Waals surface area (Å²) in [7, 11) is 3.07. The van der Waals surface area contributed by atoms with Crippen LogP contribution in [0.15, 0.2) is 4.99 Å². The van der Waals surface area contributed by atoms with Crippen LogP contribution in [0.3, 0.4) is 0 Å². The number of esters is 1. The van der Waals surface area contributed by atoms with Crippen molar-refractivity contribution >= 4 is 24.3 Å². The first kappa shape index (κ1) is 16.4. The zero-order valence-corrected chi connectivity index (χ0v) is 9.84. The Bertz CT molecular complexity index is 207. The Hall–Kier alpha value is -1.01. The summed E-state index contributed by atoms with van der Waals surface area (Å²) in [5, 5.41) is 2.86. The fourth-order valence-electron chi connectivity index (χ4n) is 1.03. The van der Waals surface area contributed by atoms with Crippen LogP contribution in [0.25, 0.3) is 0 Å². The van der Waals surface area contributed by atoms with Crippen LogP contribution in [0.4, 0.5) is 0 Å². The van der Waals surface area contributed by atoms with Crippen LogP contribution in [0.2, 0.25) is 0 Å². The summed E-state index contributed by atoms with van der Waals surface area (Å²) in [6.45, 7) is 0.525. The smallest absolute Gasteiger partial charge is 0.322 e. The molecule has 0 unspecified atom stereocenters. The molecule has 5 N–H and O–H groups in total. The van der Waals surface area contributed by atoms with E-state index in [9.17, 15) is 4.79 Å². The van der Waals surface area contributed by atoms with E-state index in [1.807, 2.05) is 0 Å². The Labute approximate surface area is 95.8 Å². The molecule has 0 spiro atoms. The van der Waals surface area contributed by atoms with Crippen molar-refractivity contribution in [3.8, 4) is 0 Å². The SMILES string of the molecule is CN[C@@H](CCCN=C(N)N)C(=O)OC.Cl. The van der Waals surface area contributed by atoms with Crippen LogP contribution < -0.4 is 16.8 Å². The van der Waals surface area contributed by atoms with Crippen LogP contribution in [-0.2, 0) is 9.53 Å². The summed E-state index contributed by atoms with van der Waals surface area (Å²) in [4.78, 5) is 14.9. The van der Waals surface area contributed by atoms with Gasteiger partial charge in [0.05, 0.1) is 7.11 Å². The number of methoxy groups -OCH3 is 1. The van der Waals surface area contributed by atoms with Gasteiger partial charge in [-0.05, 0) is 19.9 Å². The third-order valence-corrected chi connectivity index (χ3v) is 1.78. The minimum Gasteiger partial charge on any atom is -0.468 e. The van der Waals surface area contributed by atoms with Gasteiger partial charge in [-0.1, -0.05) is 0 Å². The molecule has 0 aromatic heterocycles. The topological polar surface area (TPSA) is 103 Å². The first-order chi connectivity index (χ1) is 6.61. The van der Waals surface area contributed by atoms with Gasteiger partial charge in [-0.3, -0.25) is 9.79 Å². The highest BCUT2D eigenvalue weighted by Crippen LogP contribution is 1.99. The molecule has 6 nitrogen and oxygen atoms in total. The minimum atomic E-state index is -0.283. The molecule has 0 fully saturated rings. The summed E-state index contributed by atoms with van der Waals surface area (Å²) >= 11 is 0. The molecule has 0 aliphatic rings. The van der Waals surface area contributed by atoms with Gasteiger partial charge in [0.1, 0.15) is 6.04 Å². The number of nitrogens with one attached hydrogen (secondary N) is 1. The quantitative estimate of drug-likeness (QED) is 0.244. The Kier molecular flexibility index (Phi) is 10.4. The van der Waals surface area contributed by atoms with Crippen molar-refractivity contribution in [2.75, 3.05) is 20.7 Å². The van der Waals surface area contributed by atoms with E-state index in [2.05, 4.69) is 15.0 Å². The number of rotatable bonds is 6. The number of hydrogen-bond donors (Lipinski definition) is 3. The molecule has 0 aliphatic carbocycles. The molecule has 0 rings (SSSR count). The minimum absolute atomic E-state index is 0. The second-order valence-electron chi connectivity index (χ2n) is 2.81. The molecular weight excluding hydrogens is 220 g/mol. The number of guanidine groups is 1. The van der Waals surface area contributed by atoms with Crippen molar-refractivity contribution in [2.45, 2.75) is 18.9 Å². The highest BCUT2D eigenvalue weighted by atomic mass is 35.5. The van der Waals surface area contributed by atoms with Crippen molar-refractivity contribution in [2.24, 2.45) is 16.5 Å². The normalized spacial score (nSPS) is 11.1. The maximum atomic E-state index is 11.1. The van der Waals surface area contributed by atoms with E-state index in [0.717, 1.165) is 6.42 Å². The molecule has 90 valence electrons. The van der Waals surface area contributed by atoms with Crippen molar-refractivity contribution in [3.05, 3.63) is 0 Å². The largest absolute Gasteiger partial charge is 0.468 e. The Balaban J connectivity index is 0. The molecule has 0 bridgehead atoms. The molecule has 0 radical (unpaired) electrons. The predicted octanol–water partition coefficient (Wildman–Crippen LogP) is -0.777. The number of nitrogens with zero attached hydrogens (tertiary/aromatic N) is 1. The number of halogens is 1. The number of aliphatic imine (C=N–C) groups is 1. The van der Waals surface area contributed by atoms with Crippen molar-refractivity contribution in [1.29, 1.82) is 0 Å². The Morgan fingerprint density at radius 2 is 2.13 bits per heavy atom. The molecule has 0 aromatic rings. The van der Waals surface area contributed by atoms with Crippen LogP contribution in [0.5, 0.6) is 0 Å². The van der Waals surface area contributed by atoms with Gasteiger partial charge in [0.15, 0.2) is 5.96 Å². The lowest BCUT2D eigenvalue weighted by atomic mass is 10.1. The molecule has 0 aliphatic heterocycles. The standard InChI is InChI=1S/C8H18N4O2.ClH/c1-11-6(7(13)14-2)4-3-5-12-8(9)10;/h6,11H,3-5H2,1-2H3,(H4,9,10,12);1H/t6-;/m0./s1. The molecule has 0 saturated heterocycles. The van der Waals surface area contributed by atoms with Crippen LogP contribution in [0, 0.1) is 0 Å². The number of nitrogens with two attached hydrogens (primary N) is 2. The van der Waals surface area contributed by atoms with E-state index >= 15 is 0 Å². The lowest BCUT2D eigenvalue weighted by Gasteiger charge is -2.12. The molecule has 0 amide bonds. The molecule has 15 heavy (non-hydrogen) atoms. The molecule has 0 aromatic carbocycles. The molecule has 0 saturated carbocycles. The van der Waals surface area contributed by atoms with E-state index in [1.165, 1.54) is 7.11 Å². The lowest BCUT2D eigenvalue weighted by Crippen LogP contribution is -2.35. The fourth-order valence-corrected chi connectivity index (χ4v) is 1.03. The van der Waals surface area contributed by atoms with E-state index in [-0.39, 0.29) is 30.4 Å². The van der Waals surface area contributed by atoms with Gasteiger partial charge in [0, 0.05) is 6.54 Å². The summed E-state index contributed by atoms with van der Waals surface area (Å²) in [6.07, 6.45) is 1.39. The van der Waals surface area contributed by atoms with E-state index < -0.39 is 0 Å². The van der Waals surface area contributed by atoms with Crippen molar-refractivity contribution in [1.82, 2.24) is 5.32 Å². The number of ether oxygens (including phenoxy) is 1. The molecule has 0 heterocycles. The number of likely N-dealkylation sites (N-methyl/N-ethyl adjacent to an activating group) is 1. The Morgan fingerprint density at radius 3 is 2.53 bits per heavy atom. The van der Waals surface area contributed by atoms with E-state index in [0.29, 0.717) is 13.0 Å². The van der Waals surface area contributed by atoms with Crippen molar-refractivity contribution in [3.63, 3.8) is 0 Å². The van der Waals surface area contributed by atoms with Gasteiger partial charge in [-0.25, -0.2) is 0 Å². The third kappa shape index (κ3) is 8.02. The van der Waals surface area contributed by atoms with Gasteiger partial charge in [-0.2, -0.15) is 0 Å². The Morgan fingerprint density at radius 1 is 1.53 bits per heavy atom. The van der Waals surface area contributed by atoms with Gasteiger partial charge < -0.3 is 21.5 Å². The summed E-state index contributed by atoms with van der Waals surface area (Å²) in [5.41, 5.74) is 10.3. The van der Waals surface area contributed by atoms with E-state index in [4.69, 9.17) is 11.5 Å². The van der Waals surface area contributed by atoms with Crippen LogP contribution in [-0.4, -0.2) is 38.7 Å². The maximum absolute atomic E-state index is 11.1. The van der Waals surface area contributed by atoms with Crippen molar-refractivity contribution < 1.29 is 9.53 Å². The van der Waals surface area contributed by atoms with Gasteiger partial charge >= 0.3 is 5.97 Å². The van der Waals surface area contributed by atoms with Crippen LogP contribution >= 0.6 is 12.4 Å². The first-order valence-corrected chi connectivity index (χ1v) is 4.42. The summed E-state index contributed by atoms with van der Waals surface area (Å²) < 4.78 is 4.59. The molecule has 7 heteroatoms. The predicted molar refractivity (Wildman–Crippen MR) is 62.0 cm³/mol. The number of hydrogen-bond acceptors (Lipinski definition) is 4. The lowest BCUT2D eigenvalue weighted by molar-refractivity contribution is -0.143. The summed E-state index contributed by atoms with van der Waals surface area (Å²) in [5.74, 6) is -0.193. The zero-order chi connectivity index (χ0) is 11.0. The van der Waals surface area contributed by atoms with Crippen LogP contribution in [0.1, 0.15) is 12.8 Å². The average Bonchev–Trinajstić information content (AvgIpc) is 2.16.